The molecular weight excluding hydrogens is 271 g/mol. The van der Waals surface area contributed by atoms with Gasteiger partial charge in [-0.25, -0.2) is 0 Å². The van der Waals surface area contributed by atoms with Crippen LogP contribution in [0.15, 0.2) is 24.3 Å². The second-order valence-electron chi connectivity index (χ2n) is 5.17. The average Bonchev–Trinajstić information content (AvgIpc) is 2.35. The fourth-order valence-electron chi connectivity index (χ4n) is 2.57. The Kier molecular flexibility index (Phi) is 3.77. The molecule has 0 aromatic heterocycles. The van der Waals surface area contributed by atoms with Gasteiger partial charge in [-0.3, -0.25) is 0 Å². The second-order valence-corrected chi connectivity index (χ2v) is 5.17. The van der Waals surface area contributed by atoms with Crippen LogP contribution in [0.25, 0.3) is 0 Å². The summed E-state index contributed by atoms with van der Waals surface area (Å²) in [5.41, 5.74) is 0.536. The summed E-state index contributed by atoms with van der Waals surface area (Å²) in [5.74, 6) is 0. The first-order valence-electron chi connectivity index (χ1n) is 6.53. The molecule has 0 saturated carbocycles. The molecule has 1 unspecified atom stereocenters. The maximum Gasteiger partial charge on any atom is 0.576 e. The lowest BCUT2D eigenvalue weighted by Crippen LogP contribution is -2.65. The van der Waals surface area contributed by atoms with Gasteiger partial charge in [0.1, 0.15) is 12.6 Å². The number of hydrogen-bond donors (Lipinski definition) is 0. The molecule has 1 aliphatic rings. The van der Waals surface area contributed by atoms with E-state index in [4.69, 9.17) is 4.74 Å². The van der Waals surface area contributed by atoms with Gasteiger partial charge in [-0.2, -0.15) is 4.79 Å². The van der Waals surface area contributed by atoms with E-state index in [2.05, 4.69) is 0 Å². The number of halogens is 3. The number of benzene rings is 1. The summed E-state index contributed by atoms with van der Waals surface area (Å²) in [7, 11) is 0. The summed E-state index contributed by atoms with van der Waals surface area (Å²) in [6.07, 6.45) is -5.72. The third kappa shape index (κ3) is 2.28. The van der Waals surface area contributed by atoms with Crippen molar-refractivity contribution in [3.05, 3.63) is 29.8 Å². The third-order valence-corrected chi connectivity index (χ3v) is 3.42. The molecule has 110 valence electrons. The van der Waals surface area contributed by atoms with Crippen molar-refractivity contribution in [2.24, 2.45) is 0 Å². The van der Waals surface area contributed by atoms with Gasteiger partial charge in [-0.1, -0.05) is 22.7 Å². The van der Waals surface area contributed by atoms with E-state index in [1.807, 2.05) is 0 Å². The minimum absolute atomic E-state index is 0.0168. The molecule has 1 aliphatic heterocycles. The normalized spacial score (nSPS) is 22.5. The Hall–Kier alpha value is -1.56. The zero-order chi connectivity index (χ0) is 15.0. The summed E-state index contributed by atoms with van der Waals surface area (Å²) in [6, 6.07) is 6.20. The van der Waals surface area contributed by atoms with Crippen LogP contribution in [0.1, 0.15) is 25.8 Å². The van der Waals surface area contributed by atoms with Crippen molar-refractivity contribution >= 4 is 11.8 Å². The van der Waals surface area contributed by atoms with Crippen molar-refractivity contribution in [1.82, 2.24) is 4.48 Å². The molecule has 1 aromatic carbocycles. The molecular formula is C14H17F3NO2+. The van der Waals surface area contributed by atoms with Crippen molar-refractivity contribution in [2.75, 3.05) is 6.54 Å². The summed E-state index contributed by atoms with van der Waals surface area (Å²) in [6.45, 7) is 2.77. The van der Waals surface area contributed by atoms with Crippen molar-refractivity contribution < 1.29 is 22.7 Å². The lowest BCUT2D eigenvalue weighted by Gasteiger charge is -2.38. The minimum atomic E-state index is -4.72. The summed E-state index contributed by atoms with van der Waals surface area (Å²) >= 11 is 0. The van der Waals surface area contributed by atoms with Gasteiger partial charge in [0.25, 0.3) is 0 Å². The number of quaternary nitrogens is 1. The maximum atomic E-state index is 13.6. The number of nitrogens with zero attached hydrogens (tertiary/aromatic N) is 1. The van der Waals surface area contributed by atoms with E-state index in [0.29, 0.717) is 18.4 Å². The van der Waals surface area contributed by atoms with Crippen LogP contribution < -0.4 is 4.48 Å². The quantitative estimate of drug-likeness (QED) is 0.576. The molecule has 0 bridgehead atoms. The number of carbonyl (C=O) groups is 1. The van der Waals surface area contributed by atoms with Gasteiger partial charge in [-0.05, 0) is 20.3 Å². The van der Waals surface area contributed by atoms with E-state index < -0.39 is 23.0 Å². The molecule has 1 aromatic rings. The Balaban J connectivity index is 2.58. The number of para-hydroxylation sites is 1. The lowest BCUT2D eigenvalue weighted by molar-refractivity contribution is -0.226. The zero-order valence-electron chi connectivity index (χ0n) is 11.4. The third-order valence-electron chi connectivity index (χ3n) is 3.42. The van der Waals surface area contributed by atoms with Gasteiger partial charge in [-0.15, -0.1) is 13.2 Å². The molecule has 6 heteroatoms. The van der Waals surface area contributed by atoms with E-state index in [-0.39, 0.29) is 12.2 Å². The van der Waals surface area contributed by atoms with E-state index in [0.717, 1.165) is 0 Å². The average molecular weight is 288 g/mol. The van der Waals surface area contributed by atoms with Crippen LogP contribution in [0, 0.1) is 0 Å². The molecule has 0 spiro atoms. The Morgan fingerprint density at radius 3 is 2.55 bits per heavy atom. The molecule has 0 fully saturated rings. The SMILES string of the molecule is CC(C)OC(=O)[N+]1(C(F)(F)F)CCCc2ccccc21. The molecule has 0 radical (unpaired) electrons. The molecule has 0 saturated heterocycles. The molecule has 1 heterocycles. The summed E-state index contributed by atoms with van der Waals surface area (Å²) < 4.78 is 44.1. The van der Waals surface area contributed by atoms with E-state index in [9.17, 15) is 18.0 Å². The number of carbonyl (C=O) groups excluding carboxylic acids is 1. The van der Waals surface area contributed by atoms with Gasteiger partial charge in [0.2, 0.25) is 0 Å². The van der Waals surface area contributed by atoms with Gasteiger partial charge in [0.15, 0.2) is 5.69 Å². The number of alkyl halides is 3. The highest BCUT2D eigenvalue weighted by Crippen LogP contribution is 2.43. The van der Waals surface area contributed by atoms with Crippen molar-refractivity contribution in [2.45, 2.75) is 39.1 Å². The predicted molar refractivity (Wildman–Crippen MR) is 69.1 cm³/mol. The highest BCUT2D eigenvalue weighted by atomic mass is 19.4. The Bertz CT molecular complexity index is 513. The highest BCUT2D eigenvalue weighted by molar-refractivity contribution is 5.84. The number of ether oxygens (including phenoxy) is 1. The fraction of sp³-hybridized carbons (Fsp3) is 0.500. The van der Waals surface area contributed by atoms with Gasteiger partial charge < -0.3 is 4.74 Å². The molecule has 1 atom stereocenters. The fourth-order valence-corrected chi connectivity index (χ4v) is 2.57. The van der Waals surface area contributed by atoms with Crippen LogP contribution >= 0.6 is 0 Å². The number of rotatable bonds is 1. The minimum Gasteiger partial charge on any atom is -0.417 e. The highest BCUT2D eigenvalue weighted by Gasteiger charge is 2.65. The monoisotopic (exact) mass is 288 g/mol. The number of amides is 1. The van der Waals surface area contributed by atoms with Crippen LogP contribution in [0.4, 0.5) is 23.7 Å². The van der Waals surface area contributed by atoms with E-state index in [1.54, 1.807) is 26.0 Å². The van der Waals surface area contributed by atoms with Crippen molar-refractivity contribution in [1.29, 1.82) is 0 Å². The lowest BCUT2D eigenvalue weighted by atomic mass is 10.00. The summed E-state index contributed by atoms with van der Waals surface area (Å²) in [4.78, 5) is 12.2. The number of fused-ring (bicyclic) bond motifs is 1. The summed E-state index contributed by atoms with van der Waals surface area (Å²) in [5, 5.41) is 0. The molecule has 0 N–H and O–H groups in total. The predicted octanol–water partition coefficient (Wildman–Crippen LogP) is 4.00. The van der Waals surface area contributed by atoms with Gasteiger partial charge >= 0.3 is 12.4 Å². The van der Waals surface area contributed by atoms with Crippen molar-refractivity contribution in [3.8, 4) is 0 Å². The van der Waals surface area contributed by atoms with E-state index >= 15 is 0 Å². The smallest absolute Gasteiger partial charge is 0.417 e. The van der Waals surface area contributed by atoms with Crippen LogP contribution in [0.3, 0.4) is 0 Å². The number of aryl methyl sites for hydroxylation is 1. The largest absolute Gasteiger partial charge is 0.576 e. The molecule has 20 heavy (non-hydrogen) atoms. The van der Waals surface area contributed by atoms with Gasteiger partial charge in [0.05, 0.1) is 0 Å². The molecule has 1 amide bonds. The Morgan fingerprint density at radius 2 is 1.95 bits per heavy atom. The number of hydrogen-bond acceptors (Lipinski definition) is 2. The van der Waals surface area contributed by atoms with E-state index in [1.165, 1.54) is 12.1 Å². The molecule has 2 rings (SSSR count). The van der Waals surface area contributed by atoms with Gasteiger partial charge in [0, 0.05) is 18.1 Å². The first-order chi connectivity index (χ1) is 9.29. The topological polar surface area (TPSA) is 26.3 Å². The zero-order valence-corrected chi connectivity index (χ0v) is 11.4. The Labute approximate surface area is 115 Å². The first-order valence-corrected chi connectivity index (χ1v) is 6.53. The maximum absolute atomic E-state index is 13.6. The van der Waals surface area contributed by atoms with Crippen LogP contribution in [-0.2, 0) is 11.2 Å². The van der Waals surface area contributed by atoms with Crippen LogP contribution in [0.2, 0.25) is 0 Å². The first kappa shape index (κ1) is 14.8. The van der Waals surface area contributed by atoms with Crippen LogP contribution in [0.5, 0.6) is 0 Å². The van der Waals surface area contributed by atoms with Crippen LogP contribution in [-0.4, -0.2) is 25.0 Å². The second kappa shape index (κ2) is 5.09. The molecule has 0 aliphatic carbocycles. The standard InChI is InChI=1S/C14H17F3NO2/c1-10(2)20-13(19)18(14(15,16)17)9-5-7-11-6-3-4-8-12(11)18/h3-4,6,8,10H,5,7,9H2,1-2H3/q+1. The van der Waals surface area contributed by atoms with Crippen molar-refractivity contribution in [3.63, 3.8) is 0 Å². The molecule has 3 nitrogen and oxygen atoms in total. The Morgan fingerprint density at radius 1 is 1.30 bits per heavy atom.